The molecule has 0 aliphatic rings. The highest BCUT2D eigenvalue weighted by atomic mass is 16.5. The van der Waals surface area contributed by atoms with Crippen LogP contribution in [0.2, 0.25) is 0 Å². The number of carboxylic acid groups (broad SMARTS) is 1. The molecule has 0 saturated carbocycles. The van der Waals surface area contributed by atoms with Crippen LogP contribution < -0.4 is 10.1 Å². The van der Waals surface area contributed by atoms with Crippen LogP contribution in [0.15, 0.2) is 48.5 Å². The van der Waals surface area contributed by atoms with Gasteiger partial charge in [0.1, 0.15) is 12.4 Å². The van der Waals surface area contributed by atoms with Crippen molar-refractivity contribution in [3.05, 3.63) is 59.7 Å². The maximum Gasteiger partial charge on any atom is 0.335 e. The minimum atomic E-state index is -0.933. The summed E-state index contributed by atoms with van der Waals surface area (Å²) in [4.78, 5) is 10.7. The van der Waals surface area contributed by atoms with Gasteiger partial charge in [0.25, 0.3) is 0 Å². The lowest BCUT2D eigenvalue weighted by Gasteiger charge is -2.09. The summed E-state index contributed by atoms with van der Waals surface area (Å²) in [5, 5.41) is 12.1. The van der Waals surface area contributed by atoms with Crippen LogP contribution in [-0.4, -0.2) is 24.2 Å². The molecular weight excluding hydrogens is 254 g/mol. The highest BCUT2D eigenvalue weighted by molar-refractivity contribution is 5.87. The van der Waals surface area contributed by atoms with Crippen LogP contribution in [-0.2, 0) is 0 Å². The van der Waals surface area contributed by atoms with E-state index in [1.54, 1.807) is 12.1 Å². The van der Waals surface area contributed by atoms with Gasteiger partial charge >= 0.3 is 5.97 Å². The zero-order valence-electron chi connectivity index (χ0n) is 11.3. The van der Waals surface area contributed by atoms with E-state index in [4.69, 9.17) is 9.84 Å². The lowest BCUT2D eigenvalue weighted by molar-refractivity contribution is 0.0697. The van der Waals surface area contributed by atoms with E-state index in [2.05, 4.69) is 11.4 Å². The van der Waals surface area contributed by atoms with Crippen LogP contribution in [0.1, 0.15) is 15.9 Å². The number of benzene rings is 2. The molecular formula is C16H17NO3. The topological polar surface area (TPSA) is 58.6 Å². The number of hydrogen-bond acceptors (Lipinski definition) is 3. The number of aromatic carboxylic acids is 1. The SMILES string of the molecule is Cc1cccc(NCCOc2ccc(C(=O)O)cc2)c1. The number of carbonyl (C=O) groups is 1. The monoisotopic (exact) mass is 271 g/mol. The molecule has 0 unspecified atom stereocenters. The summed E-state index contributed by atoms with van der Waals surface area (Å²) in [7, 11) is 0. The van der Waals surface area contributed by atoms with Gasteiger partial charge in [-0.25, -0.2) is 4.79 Å². The first kappa shape index (κ1) is 13.9. The molecule has 4 heteroatoms. The normalized spacial score (nSPS) is 10.1. The van der Waals surface area contributed by atoms with E-state index in [0.717, 1.165) is 5.69 Å². The summed E-state index contributed by atoms with van der Waals surface area (Å²) in [6.07, 6.45) is 0. The number of ether oxygens (including phenoxy) is 1. The van der Waals surface area contributed by atoms with Gasteiger partial charge in [0.05, 0.1) is 5.56 Å². The van der Waals surface area contributed by atoms with Gasteiger partial charge in [0.15, 0.2) is 0 Å². The molecule has 0 aliphatic heterocycles. The summed E-state index contributed by atoms with van der Waals surface area (Å²) in [6.45, 7) is 3.25. The largest absolute Gasteiger partial charge is 0.492 e. The quantitative estimate of drug-likeness (QED) is 0.792. The zero-order valence-corrected chi connectivity index (χ0v) is 11.3. The smallest absolute Gasteiger partial charge is 0.335 e. The number of anilines is 1. The summed E-state index contributed by atoms with van der Waals surface area (Å²) >= 11 is 0. The van der Waals surface area contributed by atoms with Crippen molar-refractivity contribution >= 4 is 11.7 Å². The van der Waals surface area contributed by atoms with Gasteiger partial charge in [-0.3, -0.25) is 0 Å². The fourth-order valence-electron chi connectivity index (χ4n) is 1.81. The highest BCUT2D eigenvalue weighted by Crippen LogP contribution is 2.12. The Balaban J connectivity index is 1.77. The van der Waals surface area contributed by atoms with Crippen LogP contribution in [0.5, 0.6) is 5.75 Å². The van der Waals surface area contributed by atoms with Crippen molar-refractivity contribution in [2.75, 3.05) is 18.5 Å². The molecule has 104 valence electrons. The second-order valence-electron chi connectivity index (χ2n) is 4.47. The summed E-state index contributed by atoms with van der Waals surface area (Å²) in [5.41, 5.74) is 2.53. The Morgan fingerprint density at radius 2 is 1.95 bits per heavy atom. The Bertz CT molecular complexity index is 579. The summed E-state index contributed by atoms with van der Waals surface area (Å²) < 4.78 is 5.54. The van der Waals surface area contributed by atoms with Crippen molar-refractivity contribution in [1.82, 2.24) is 0 Å². The lowest BCUT2D eigenvalue weighted by Crippen LogP contribution is -2.11. The Morgan fingerprint density at radius 3 is 2.60 bits per heavy atom. The number of aryl methyl sites for hydroxylation is 1. The average Bonchev–Trinajstić information content (AvgIpc) is 2.44. The number of nitrogens with one attached hydrogen (secondary N) is 1. The molecule has 0 radical (unpaired) electrons. The minimum absolute atomic E-state index is 0.259. The lowest BCUT2D eigenvalue weighted by atomic mass is 10.2. The van der Waals surface area contributed by atoms with E-state index < -0.39 is 5.97 Å². The van der Waals surface area contributed by atoms with E-state index >= 15 is 0 Å². The molecule has 2 aromatic rings. The number of rotatable bonds is 6. The molecule has 2 N–H and O–H groups in total. The summed E-state index contributed by atoms with van der Waals surface area (Å²) in [6, 6.07) is 14.5. The van der Waals surface area contributed by atoms with Crippen LogP contribution in [0.4, 0.5) is 5.69 Å². The van der Waals surface area contributed by atoms with Gasteiger partial charge < -0.3 is 15.2 Å². The Labute approximate surface area is 118 Å². The average molecular weight is 271 g/mol. The minimum Gasteiger partial charge on any atom is -0.492 e. The second kappa shape index (κ2) is 6.61. The van der Waals surface area contributed by atoms with Crippen LogP contribution >= 0.6 is 0 Å². The molecule has 0 saturated heterocycles. The molecule has 0 aromatic heterocycles. The fourth-order valence-corrected chi connectivity index (χ4v) is 1.81. The first-order valence-corrected chi connectivity index (χ1v) is 6.42. The van der Waals surface area contributed by atoms with Crippen molar-refractivity contribution in [3.63, 3.8) is 0 Å². The van der Waals surface area contributed by atoms with Gasteiger partial charge in [0, 0.05) is 12.2 Å². The summed E-state index contributed by atoms with van der Waals surface area (Å²) in [5.74, 6) is -0.265. The van der Waals surface area contributed by atoms with E-state index in [1.807, 2.05) is 25.1 Å². The predicted octanol–water partition coefficient (Wildman–Crippen LogP) is 3.18. The predicted molar refractivity (Wildman–Crippen MR) is 78.6 cm³/mol. The molecule has 0 aliphatic carbocycles. The fraction of sp³-hybridized carbons (Fsp3) is 0.188. The van der Waals surface area contributed by atoms with Crippen molar-refractivity contribution in [3.8, 4) is 5.75 Å². The zero-order chi connectivity index (χ0) is 14.4. The molecule has 2 aromatic carbocycles. The van der Waals surface area contributed by atoms with Gasteiger partial charge in [0.2, 0.25) is 0 Å². The Morgan fingerprint density at radius 1 is 1.20 bits per heavy atom. The molecule has 20 heavy (non-hydrogen) atoms. The number of hydrogen-bond donors (Lipinski definition) is 2. The van der Waals surface area contributed by atoms with E-state index in [0.29, 0.717) is 18.9 Å². The third-order valence-corrected chi connectivity index (χ3v) is 2.82. The van der Waals surface area contributed by atoms with E-state index in [-0.39, 0.29) is 5.56 Å². The first-order chi connectivity index (χ1) is 9.65. The molecule has 0 bridgehead atoms. The molecule has 0 atom stereocenters. The highest BCUT2D eigenvalue weighted by Gasteiger charge is 2.01. The van der Waals surface area contributed by atoms with Crippen LogP contribution in [0.3, 0.4) is 0 Å². The Hall–Kier alpha value is -2.49. The Kier molecular flexibility index (Phi) is 4.60. The van der Waals surface area contributed by atoms with Gasteiger partial charge in [-0.2, -0.15) is 0 Å². The maximum absolute atomic E-state index is 10.7. The standard InChI is InChI=1S/C16H17NO3/c1-12-3-2-4-14(11-12)17-9-10-20-15-7-5-13(6-8-15)16(18)19/h2-8,11,17H,9-10H2,1H3,(H,18,19). The van der Waals surface area contributed by atoms with Crippen molar-refractivity contribution in [1.29, 1.82) is 0 Å². The molecule has 0 fully saturated rings. The third kappa shape index (κ3) is 4.02. The second-order valence-corrected chi connectivity index (χ2v) is 4.47. The van der Waals surface area contributed by atoms with Crippen LogP contribution in [0.25, 0.3) is 0 Å². The molecule has 0 amide bonds. The molecule has 2 rings (SSSR count). The van der Waals surface area contributed by atoms with Crippen molar-refractivity contribution < 1.29 is 14.6 Å². The third-order valence-electron chi connectivity index (χ3n) is 2.82. The first-order valence-electron chi connectivity index (χ1n) is 6.42. The van der Waals surface area contributed by atoms with E-state index in [9.17, 15) is 4.79 Å². The van der Waals surface area contributed by atoms with Crippen molar-refractivity contribution in [2.45, 2.75) is 6.92 Å². The number of carboxylic acids is 1. The van der Waals surface area contributed by atoms with Gasteiger partial charge in [-0.05, 0) is 48.9 Å². The molecule has 4 nitrogen and oxygen atoms in total. The van der Waals surface area contributed by atoms with Gasteiger partial charge in [-0.1, -0.05) is 12.1 Å². The van der Waals surface area contributed by atoms with Crippen molar-refractivity contribution in [2.24, 2.45) is 0 Å². The van der Waals surface area contributed by atoms with Gasteiger partial charge in [-0.15, -0.1) is 0 Å². The van der Waals surface area contributed by atoms with Crippen LogP contribution in [0, 0.1) is 6.92 Å². The van der Waals surface area contributed by atoms with E-state index in [1.165, 1.54) is 17.7 Å². The maximum atomic E-state index is 10.7. The molecule has 0 spiro atoms. The molecule has 0 heterocycles.